The van der Waals surface area contributed by atoms with Gasteiger partial charge in [-0.2, -0.15) is 0 Å². The van der Waals surface area contributed by atoms with Crippen molar-refractivity contribution >= 4 is 26.5 Å². The van der Waals surface area contributed by atoms with E-state index in [-0.39, 0.29) is 4.90 Å². The molecule has 102 valence electrons. The van der Waals surface area contributed by atoms with E-state index in [4.69, 9.17) is 5.73 Å². The number of sulfonamides is 1. The lowest BCUT2D eigenvalue weighted by molar-refractivity contribution is 0.601. The summed E-state index contributed by atoms with van der Waals surface area (Å²) < 4.78 is 26.9. The van der Waals surface area contributed by atoms with E-state index in [1.165, 1.54) is 11.3 Å². The molecule has 3 N–H and O–H groups in total. The van der Waals surface area contributed by atoms with Crippen molar-refractivity contribution in [3.8, 4) is 0 Å². The van der Waals surface area contributed by atoms with E-state index >= 15 is 0 Å². The first-order chi connectivity index (χ1) is 8.92. The Morgan fingerprint density at radius 3 is 2.68 bits per heavy atom. The highest BCUT2D eigenvalue weighted by molar-refractivity contribution is 7.93. The minimum absolute atomic E-state index is 0.200. The zero-order valence-electron chi connectivity index (χ0n) is 10.7. The molecule has 0 radical (unpaired) electrons. The Hall–Kier alpha value is -1.44. The summed E-state index contributed by atoms with van der Waals surface area (Å²) in [6.45, 7) is 4.02. The molecule has 0 saturated carbocycles. The van der Waals surface area contributed by atoms with Gasteiger partial charge in [-0.15, -0.1) is 11.3 Å². The molecule has 1 aromatic carbocycles. The topological polar surface area (TPSA) is 85.1 Å². The molecule has 0 fully saturated rings. The lowest BCUT2D eigenvalue weighted by Gasteiger charge is -2.08. The quantitative estimate of drug-likeness (QED) is 0.904. The van der Waals surface area contributed by atoms with Crippen LogP contribution in [0.4, 0.5) is 5.13 Å². The summed E-state index contributed by atoms with van der Waals surface area (Å²) in [5, 5.41) is 2.16. The largest absolute Gasteiger partial charge is 0.326 e. The van der Waals surface area contributed by atoms with Gasteiger partial charge < -0.3 is 5.73 Å². The molecule has 0 aliphatic rings. The van der Waals surface area contributed by atoms with Gasteiger partial charge in [0.2, 0.25) is 0 Å². The number of anilines is 1. The van der Waals surface area contributed by atoms with Crippen LogP contribution in [0.1, 0.15) is 16.8 Å². The summed E-state index contributed by atoms with van der Waals surface area (Å²) in [6.07, 6.45) is 0. The van der Waals surface area contributed by atoms with E-state index < -0.39 is 10.0 Å². The average Bonchev–Trinajstić information content (AvgIpc) is 2.74. The van der Waals surface area contributed by atoms with Gasteiger partial charge in [0.15, 0.2) is 5.13 Å². The average molecular weight is 297 g/mol. The lowest BCUT2D eigenvalue weighted by atomic mass is 10.1. The van der Waals surface area contributed by atoms with Crippen LogP contribution < -0.4 is 10.5 Å². The van der Waals surface area contributed by atoms with Crippen molar-refractivity contribution in [2.45, 2.75) is 25.3 Å². The summed E-state index contributed by atoms with van der Waals surface area (Å²) in [6, 6.07) is 4.92. The maximum absolute atomic E-state index is 12.2. The second-order valence-electron chi connectivity index (χ2n) is 4.19. The van der Waals surface area contributed by atoms with E-state index in [9.17, 15) is 8.42 Å². The van der Waals surface area contributed by atoms with Gasteiger partial charge in [0.05, 0.1) is 10.6 Å². The van der Waals surface area contributed by atoms with Crippen LogP contribution >= 0.6 is 11.3 Å². The first-order valence-corrected chi connectivity index (χ1v) is 8.03. The van der Waals surface area contributed by atoms with Crippen LogP contribution in [0.25, 0.3) is 0 Å². The summed E-state index contributed by atoms with van der Waals surface area (Å²) in [4.78, 5) is 4.29. The molecule has 19 heavy (non-hydrogen) atoms. The first-order valence-electron chi connectivity index (χ1n) is 5.67. The Kier molecular flexibility index (Phi) is 3.88. The van der Waals surface area contributed by atoms with Crippen molar-refractivity contribution in [3.05, 3.63) is 40.4 Å². The summed E-state index contributed by atoms with van der Waals surface area (Å²) in [5.41, 5.74) is 8.18. The van der Waals surface area contributed by atoms with Gasteiger partial charge in [0.25, 0.3) is 10.0 Å². The fraction of sp³-hybridized carbons (Fsp3) is 0.250. The van der Waals surface area contributed by atoms with Gasteiger partial charge in [0, 0.05) is 11.9 Å². The molecule has 1 aromatic heterocycles. The third kappa shape index (κ3) is 3.12. The lowest BCUT2D eigenvalue weighted by Crippen LogP contribution is -2.13. The van der Waals surface area contributed by atoms with E-state index in [0.717, 1.165) is 16.8 Å². The molecule has 0 atom stereocenters. The molecule has 0 unspecified atom stereocenters. The number of aryl methyl sites for hydroxylation is 2. The van der Waals surface area contributed by atoms with Crippen LogP contribution in [0.15, 0.2) is 28.5 Å². The van der Waals surface area contributed by atoms with Crippen molar-refractivity contribution in [1.29, 1.82) is 0 Å². The van der Waals surface area contributed by atoms with Crippen molar-refractivity contribution in [2.75, 3.05) is 4.72 Å². The van der Waals surface area contributed by atoms with Crippen LogP contribution in [0.3, 0.4) is 0 Å². The van der Waals surface area contributed by atoms with Gasteiger partial charge >= 0.3 is 0 Å². The van der Waals surface area contributed by atoms with E-state index in [1.54, 1.807) is 23.6 Å². The Balaban J connectivity index is 2.34. The highest BCUT2D eigenvalue weighted by atomic mass is 32.2. The van der Waals surface area contributed by atoms with Crippen LogP contribution in [-0.4, -0.2) is 13.4 Å². The van der Waals surface area contributed by atoms with E-state index in [2.05, 4.69) is 9.71 Å². The zero-order chi connectivity index (χ0) is 14.0. The van der Waals surface area contributed by atoms with Crippen molar-refractivity contribution in [1.82, 2.24) is 4.98 Å². The number of nitrogens with zero attached hydrogens (tertiary/aromatic N) is 1. The van der Waals surface area contributed by atoms with Gasteiger partial charge in [-0.3, -0.25) is 4.72 Å². The Labute approximate surface area is 116 Å². The molecule has 0 saturated heterocycles. The van der Waals surface area contributed by atoms with E-state index in [1.807, 2.05) is 13.8 Å². The number of rotatable bonds is 4. The molecular weight excluding hydrogens is 282 g/mol. The second-order valence-corrected chi connectivity index (χ2v) is 6.73. The highest BCUT2D eigenvalue weighted by Crippen LogP contribution is 2.21. The standard InChI is InChI=1S/C12H15N3O2S2/c1-8-3-4-11(5-10(8)6-13)19(16,17)15-12-14-9(2)7-18-12/h3-5,7H,6,13H2,1-2H3,(H,14,15). The SMILES string of the molecule is Cc1csc(NS(=O)(=O)c2ccc(C)c(CN)c2)n1. The predicted molar refractivity (Wildman–Crippen MR) is 76.7 cm³/mol. The first kappa shape index (κ1) is 14.0. The van der Waals surface area contributed by atoms with Gasteiger partial charge in [-0.05, 0) is 37.1 Å². The zero-order valence-corrected chi connectivity index (χ0v) is 12.3. The van der Waals surface area contributed by atoms with Crippen LogP contribution in [0, 0.1) is 13.8 Å². The second kappa shape index (κ2) is 5.28. The summed E-state index contributed by atoms with van der Waals surface area (Å²) in [7, 11) is -3.61. The van der Waals surface area contributed by atoms with Crippen molar-refractivity contribution in [3.63, 3.8) is 0 Å². The number of nitrogens with one attached hydrogen (secondary N) is 1. The summed E-state index contributed by atoms with van der Waals surface area (Å²) >= 11 is 1.26. The van der Waals surface area contributed by atoms with Gasteiger partial charge in [-0.25, -0.2) is 13.4 Å². The number of nitrogens with two attached hydrogens (primary N) is 1. The smallest absolute Gasteiger partial charge is 0.263 e. The summed E-state index contributed by atoms with van der Waals surface area (Å²) in [5.74, 6) is 0. The van der Waals surface area contributed by atoms with Crippen LogP contribution in [0.5, 0.6) is 0 Å². The molecule has 0 aliphatic heterocycles. The number of hydrogen-bond donors (Lipinski definition) is 2. The molecule has 0 amide bonds. The molecule has 2 rings (SSSR count). The number of benzene rings is 1. The third-order valence-corrected chi connectivity index (χ3v) is 5.03. The molecule has 5 nitrogen and oxygen atoms in total. The Morgan fingerprint density at radius 1 is 1.37 bits per heavy atom. The molecule has 7 heteroatoms. The maximum Gasteiger partial charge on any atom is 0.263 e. The van der Waals surface area contributed by atoms with Crippen LogP contribution in [0.2, 0.25) is 0 Å². The number of aromatic nitrogens is 1. The normalized spacial score (nSPS) is 11.5. The third-order valence-electron chi connectivity index (χ3n) is 2.69. The van der Waals surface area contributed by atoms with Crippen molar-refractivity contribution < 1.29 is 8.42 Å². The van der Waals surface area contributed by atoms with Crippen LogP contribution in [-0.2, 0) is 16.6 Å². The molecular formula is C12H15N3O2S2. The van der Waals surface area contributed by atoms with Crippen molar-refractivity contribution in [2.24, 2.45) is 5.73 Å². The monoisotopic (exact) mass is 297 g/mol. The number of hydrogen-bond acceptors (Lipinski definition) is 5. The fourth-order valence-corrected chi connectivity index (χ4v) is 3.60. The Morgan fingerprint density at radius 2 is 2.11 bits per heavy atom. The molecule has 0 bridgehead atoms. The maximum atomic E-state index is 12.2. The highest BCUT2D eigenvalue weighted by Gasteiger charge is 2.16. The minimum atomic E-state index is -3.61. The van der Waals surface area contributed by atoms with E-state index in [0.29, 0.717) is 11.7 Å². The number of thiazole rings is 1. The molecule has 2 aromatic rings. The Bertz CT molecular complexity index is 693. The fourth-order valence-electron chi connectivity index (χ4n) is 1.61. The molecule has 0 spiro atoms. The van der Waals surface area contributed by atoms with Gasteiger partial charge in [0.1, 0.15) is 0 Å². The minimum Gasteiger partial charge on any atom is -0.326 e. The predicted octanol–water partition coefficient (Wildman–Crippen LogP) is 2.02. The van der Waals surface area contributed by atoms with Gasteiger partial charge in [-0.1, -0.05) is 6.07 Å². The molecule has 1 heterocycles. The molecule has 0 aliphatic carbocycles.